The van der Waals surface area contributed by atoms with Crippen molar-refractivity contribution in [2.45, 2.75) is 0 Å². The van der Waals surface area contributed by atoms with Gasteiger partial charge in [0.2, 0.25) is 0 Å². The molecule has 0 aliphatic carbocycles. The van der Waals surface area contributed by atoms with E-state index in [1.165, 1.54) is 30.4 Å². The summed E-state index contributed by atoms with van der Waals surface area (Å²) >= 11 is 0. The minimum Gasteiger partial charge on any atom is -0.282 e. The second-order valence-electron chi connectivity index (χ2n) is 9.30. The maximum atomic E-state index is 12.6. The number of benzene rings is 1. The van der Waals surface area contributed by atoms with Crippen molar-refractivity contribution < 1.29 is 51.9 Å². The molecule has 0 amide bonds. The van der Waals surface area contributed by atoms with Gasteiger partial charge in [-0.15, -0.1) is 0 Å². The number of fused-ring (bicyclic) bond motifs is 4. The molecule has 6 rings (SSSR count). The standard InChI is InChI=1S/C20H12N4O12S4.C6H6/c25-37(26,27)15-8-13-6-11-2-1-9(21-11)5-10-3-4-12(22-10)7-14-18(38(28,29)30)20(40(34,35)36)17(24-14)19(16(15)23-13)39(31,32)33;1-2-4-6-5-3-1/h1-8H,(H,25,26,27)(H,28,29,30)(H,31,32,33)(H,34,35,36);1-6H. The summed E-state index contributed by atoms with van der Waals surface area (Å²) in [6.45, 7) is 0. The molecule has 1 aromatic rings. The van der Waals surface area contributed by atoms with Crippen LogP contribution in [0, 0.1) is 0 Å². The van der Waals surface area contributed by atoms with Crippen molar-refractivity contribution >= 4 is 63.3 Å². The summed E-state index contributed by atoms with van der Waals surface area (Å²) in [6.07, 6.45) is 9.83. The molecule has 0 saturated carbocycles. The SMILES string of the molecule is O=S(=O)(O)C1=CC2=CC3=NC(=CC4=NC(=CC5=NC(=C(S(=O)(=O)O)C1=N2)C(S(=O)(=O)O)=C5S(=O)(=O)O)C=C4)C=C3.c1ccccc1. The zero-order valence-corrected chi connectivity index (χ0v) is 25.8. The second kappa shape index (κ2) is 11.7. The number of hydrogen-bond acceptors (Lipinski definition) is 12. The molecule has 0 spiro atoms. The smallest absolute Gasteiger partial charge is 0.282 e. The zero-order chi connectivity index (χ0) is 33.7. The molecule has 4 N–H and O–H groups in total. The fourth-order valence-electron chi connectivity index (χ4n) is 4.33. The molecule has 0 radical (unpaired) electrons. The van der Waals surface area contributed by atoms with Crippen LogP contribution in [0.1, 0.15) is 0 Å². The summed E-state index contributed by atoms with van der Waals surface area (Å²) < 4.78 is 139. The molecule has 0 fully saturated rings. The monoisotopic (exact) mass is 706 g/mol. The largest absolute Gasteiger partial charge is 0.298 e. The van der Waals surface area contributed by atoms with Crippen LogP contribution in [-0.2, 0) is 40.5 Å². The van der Waals surface area contributed by atoms with Crippen molar-refractivity contribution in [3.05, 3.63) is 127 Å². The lowest BCUT2D eigenvalue weighted by atomic mass is 10.2. The molecule has 0 aromatic heterocycles. The van der Waals surface area contributed by atoms with Gasteiger partial charge in [-0.2, -0.15) is 33.7 Å². The summed E-state index contributed by atoms with van der Waals surface area (Å²) in [4.78, 5) is 9.37. The van der Waals surface area contributed by atoms with Gasteiger partial charge in [0.1, 0.15) is 31.0 Å². The highest BCUT2D eigenvalue weighted by Gasteiger charge is 2.45. The number of nitrogens with zero attached hydrogens (tertiary/aromatic N) is 4. The maximum Gasteiger partial charge on any atom is 0.298 e. The fourth-order valence-corrected chi connectivity index (χ4v) is 7.98. The average molecular weight is 707 g/mol. The number of aliphatic imine (C=N–C) groups is 4. The number of allylic oxidation sites excluding steroid dienone is 11. The summed E-state index contributed by atoms with van der Waals surface area (Å²) in [6, 6.07) is 12.0. The van der Waals surface area contributed by atoms with E-state index in [2.05, 4.69) is 20.0 Å². The van der Waals surface area contributed by atoms with Crippen LogP contribution in [0.5, 0.6) is 0 Å². The third-order valence-electron chi connectivity index (χ3n) is 6.03. The molecule has 20 heteroatoms. The summed E-state index contributed by atoms with van der Waals surface area (Å²) in [7, 11) is -22.6. The van der Waals surface area contributed by atoms with E-state index in [9.17, 15) is 51.9 Å². The average Bonchev–Trinajstić information content (AvgIpc) is 3.71. The zero-order valence-electron chi connectivity index (χ0n) is 22.6. The number of rotatable bonds is 4. The second-order valence-corrected chi connectivity index (χ2v) is 14.8. The highest BCUT2D eigenvalue weighted by Crippen LogP contribution is 2.39. The van der Waals surface area contributed by atoms with Crippen LogP contribution in [0.2, 0.25) is 0 Å². The van der Waals surface area contributed by atoms with Gasteiger partial charge in [-0.05, 0) is 48.6 Å². The molecule has 0 atom stereocenters. The van der Waals surface area contributed by atoms with Gasteiger partial charge in [-0.1, -0.05) is 36.4 Å². The van der Waals surface area contributed by atoms with E-state index in [0.717, 1.165) is 12.2 Å². The molecule has 5 aliphatic heterocycles. The minimum atomic E-state index is -5.80. The van der Waals surface area contributed by atoms with Crippen LogP contribution in [-0.4, -0.2) is 74.7 Å². The molecular formula is C26H18N4O12S4. The van der Waals surface area contributed by atoms with Crippen molar-refractivity contribution in [2.75, 3.05) is 0 Å². The van der Waals surface area contributed by atoms with E-state index in [1.54, 1.807) is 0 Å². The first kappa shape index (κ1) is 32.8. The van der Waals surface area contributed by atoms with Gasteiger partial charge in [0, 0.05) is 0 Å². The number of hydrogen-bond donors (Lipinski definition) is 4. The Morgan fingerprint density at radius 2 is 0.891 bits per heavy atom. The Kier molecular flexibility index (Phi) is 8.33. The fraction of sp³-hybridized carbons (Fsp3) is 0. The highest BCUT2D eigenvalue weighted by molar-refractivity contribution is 7.95. The van der Waals surface area contributed by atoms with Crippen LogP contribution in [0.4, 0.5) is 0 Å². The predicted octanol–water partition coefficient (Wildman–Crippen LogP) is 2.13. The Hall–Kier alpha value is -4.54. The van der Waals surface area contributed by atoms with E-state index in [4.69, 9.17) is 0 Å². The van der Waals surface area contributed by atoms with Crippen LogP contribution < -0.4 is 0 Å². The molecule has 5 aliphatic rings. The lowest BCUT2D eigenvalue weighted by Gasteiger charge is -2.10. The van der Waals surface area contributed by atoms with E-state index in [1.807, 2.05) is 36.4 Å². The lowest BCUT2D eigenvalue weighted by Crippen LogP contribution is -2.21. The molecule has 238 valence electrons. The molecule has 5 heterocycles. The van der Waals surface area contributed by atoms with E-state index < -0.39 is 77.2 Å². The molecule has 16 nitrogen and oxygen atoms in total. The van der Waals surface area contributed by atoms with E-state index >= 15 is 0 Å². The molecule has 46 heavy (non-hydrogen) atoms. The normalized spacial score (nSPS) is 19.4. The van der Waals surface area contributed by atoms with Gasteiger partial charge in [0.25, 0.3) is 40.5 Å². The molecule has 1 aromatic carbocycles. The van der Waals surface area contributed by atoms with Crippen LogP contribution >= 0.6 is 0 Å². The third kappa shape index (κ3) is 6.98. The maximum absolute atomic E-state index is 12.6. The Morgan fingerprint density at radius 3 is 1.35 bits per heavy atom. The van der Waals surface area contributed by atoms with Gasteiger partial charge in [0.05, 0.1) is 34.2 Å². The molecular weight excluding hydrogens is 689 g/mol. The Bertz CT molecular complexity index is 2390. The molecule has 0 unspecified atom stereocenters. The topological polar surface area (TPSA) is 267 Å². The van der Waals surface area contributed by atoms with Gasteiger partial charge in [-0.3, -0.25) is 18.2 Å². The Labute approximate surface area is 261 Å². The first-order valence-electron chi connectivity index (χ1n) is 12.3. The van der Waals surface area contributed by atoms with Gasteiger partial charge >= 0.3 is 0 Å². The molecule has 0 saturated heterocycles. The quantitative estimate of drug-likeness (QED) is 0.328. The van der Waals surface area contributed by atoms with Gasteiger partial charge < -0.3 is 0 Å². The van der Waals surface area contributed by atoms with Crippen molar-refractivity contribution in [2.24, 2.45) is 20.0 Å². The van der Waals surface area contributed by atoms with Crippen LogP contribution in [0.25, 0.3) is 0 Å². The summed E-state index contributed by atoms with van der Waals surface area (Å²) in [5.41, 5.74) is -3.46. The van der Waals surface area contributed by atoms with E-state index in [0.29, 0.717) is 11.8 Å². The van der Waals surface area contributed by atoms with Crippen molar-refractivity contribution in [1.82, 2.24) is 0 Å². The van der Waals surface area contributed by atoms with E-state index in [-0.39, 0.29) is 22.8 Å². The summed E-state index contributed by atoms with van der Waals surface area (Å²) in [5.74, 6) is 0. The van der Waals surface area contributed by atoms with Gasteiger partial charge in [-0.25, -0.2) is 20.0 Å². The van der Waals surface area contributed by atoms with Crippen molar-refractivity contribution in [1.29, 1.82) is 0 Å². The minimum absolute atomic E-state index is 0.0896. The lowest BCUT2D eigenvalue weighted by molar-refractivity contribution is 0.485. The summed E-state index contributed by atoms with van der Waals surface area (Å²) in [5, 5.41) is 0. The van der Waals surface area contributed by atoms with Crippen molar-refractivity contribution in [3.8, 4) is 0 Å². The first-order chi connectivity index (χ1) is 21.3. The van der Waals surface area contributed by atoms with Crippen LogP contribution in [0.3, 0.4) is 0 Å². The predicted molar refractivity (Wildman–Crippen MR) is 167 cm³/mol. The Morgan fingerprint density at radius 1 is 0.435 bits per heavy atom. The first-order valence-corrected chi connectivity index (χ1v) is 18.1. The van der Waals surface area contributed by atoms with Gasteiger partial charge in [0.15, 0.2) is 0 Å². The third-order valence-corrected chi connectivity index (χ3v) is 9.77. The van der Waals surface area contributed by atoms with Crippen LogP contribution in [0.15, 0.2) is 147 Å². The molecule has 8 bridgehead atoms. The van der Waals surface area contributed by atoms with Crippen molar-refractivity contribution in [3.63, 3.8) is 0 Å². The Balaban J connectivity index is 0.000000624. The highest BCUT2D eigenvalue weighted by atomic mass is 32.2.